The van der Waals surface area contributed by atoms with Crippen molar-refractivity contribution in [1.29, 1.82) is 0 Å². The van der Waals surface area contributed by atoms with Crippen molar-refractivity contribution in [3.05, 3.63) is 47.3 Å². The van der Waals surface area contributed by atoms with Crippen LogP contribution in [0.15, 0.2) is 30.3 Å². The van der Waals surface area contributed by atoms with Gasteiger partial charge in [-0.05, 0) is 47.1 Å². The van der Waals surface area contributed by atoms with Crippen LogP contribution in [0.2, 0.25) is 0 Å². The van der Waals surface area contributed by atoms with Gasteiger partial charge in [0.25, 0.3) is 0 Å². The number of nitrogens with one attached hydrogen (secondary N) is 1. The lowest BCUT2D eigenvalue weighted by Crippen LogP contribution is -2.41. The molecule has 0 spiro atoms. The summed E-state index contributed by atoms with van der Waals surface area (Å²) in [5, 5.41) is 7.31. The summed E-state index contributed by atoms with van der Waals surface area (Å²) in [4.78, 5) is 12.6. The van der Waals surface area contributed by atoms with E-state index in [0.717, 1.165) is 22.4 Å². The second-order valence-corrected chi connectivity index (χ2v) is 7.73. The van der Waals surface area contributed by atoms with E-state index in [1.807, 2.05) is 71.9 Å². The summed E-state index contributed by atoms with van der Waals surface area (Å²) in [6, 6.07) is 9.51. The zero-order valence-corrected chi connectivity index (χ0v) is 16.3. The Balaban J connectivity index is 1.79. The molecule has 1 aliphatic heterocycles. The summed E-state index contributed by atoms with van der Waals surface area (Å²) in [7, 11) is -0.532. The fourth-order valence-corrected chi connectivity index (χ4v) is 3.00. The van der Waals surface area contributed by atoms with E-state index in [1.165, 1.54) is 4.68 Å². The molecular formula is C19H26BN3O3. The van der Waals surface area contributed by atoms with Crippen molar-refractivity contribution in [1.82, 2.24) is 15.1 Å². The largest absolute Gasteiger partial charge is 0.498 e. The van der Waals surface area contributed by atoms with Crippen molar-refractivity contribution < 1.29 is 14.1 Å². The molecule has 0 atom stereocenters. The van der Waals surface area contributed by atoms with Crippen LogP contribution in [0, 0.1) is 13.8 Å². The zero-order valence-electron chi connectivity index (χ0n) is 16.3. The number of hydrogen-bond acceptors (Lipinski definition) is 4. The Kier molecular flexibility index (Phi) is 4.71. The molecular weight excluding hydrogens is 329 g/mol. The van der Waals surface area contributed by atoms with Gasteiger partial charge in [0.2, 0.25) is 0 Å². The van der Waals surface area contributed by atoms with E-state index in [2.05, 4.69) is 10.4 Å². The Hall–Kier alpha value is -2.12. The molecule has 0 aliphatic carbocycles. The normalized spacial score (nSPS) is 18.2. The lowest BCUT2D eigenvalue weighted by atomic mass is 9.77. The molecule has 1 aliphatic rings. The molecule has 1 aromatic carbocycles. The first-order valence-electron chi connectivity index (χ1n) is 8.86. The molecule has 0 saturated carbocycles. The van der Waals surface area contributed by atoms with Crippen molar-refractivity contribution in [2.24, 2.45) is 0 Å². The molecule has 0 bridgehead atoms. The minimum atomic E-state index is -0.532. The Morgan fingerprint density at radius 2 is 1.69 bits per heavy atom. The number of carbonyl (C=O) groups is 1. The van der Waals surface area contributed by atoms with Crippen LogP contribution in [0.3, 0.4) is 0 Å². The second kappa shape index (κ2) is 6.56. The maximum atomic E-state index is 12.6. The topological polar surface area (TPSA) is 65.4 Å². The SMILES string of the molecule is Cc1nn(C(=O)NCc2ccccc2)c(C)c1B1OC(C)(C)C(C)(C)O1. The van der Waals surface area contributed by atoms with Gasteiger partial charge in [0.15, 0.2) is 0 Å². The van der Waals surface area contributed by atoms with E-state index in [9.17, 15) is 4.79 Å². The molecule has 2 aromatic rings. The summed E-state index contributed by atoms with van der Waals surface area (Å²) in [5.41, 5.74) is 2.44. The number of carbonyl (C=O) groups excluding carboxylic acids is 1. The molecule has 1 fully saturated rings. The van der Waals surface area contributed by atoms with Crippen molar-refractivity contribution >= 4 is 18.6 Å². The summed E-state index contributed by atoms with van der Waals surface area (Å²) in [6.45, 7) is 12.2. The number of rotatable bonds is 3. The van der Waals surface area contributed by atoms with E-state index in [0.29, 0.717) is 6.54 Å². The second-order valence-electron chi connectivity index (χ2n) is 7.73. The number of benzene rings is 1. The smallest absolute Gasteiger partial charge is 0.399 e. The lowest BCUT2D eigenvalue weighted by Gasteiger charge is -2.32. The van der Waals surface area contributed by atoms with E-state index < -0.39 is 18.3 Å². The highest BCUT2D eigenvalue weighted by atomic mass is 16.7. The van der Waals surface area contributed by atoms with Crippen molar-refractivity contribution in [2.45, 2.75) is 59.3 Å². The molecule has 0 radical (unpaired) electrons. The van der Waals surface area contributed by atoms with Crippen LogP contribution in [-0.2, 0) is 15.9 Å². The Labute approximate surface area is 155 Å². The summed E-state index contributed by atoms with van der Waals surface area (Å²) >= 11 is 0. The number of aryl methyl sites for hydroxylation is 1. The van der Waals surface area contributed by atoms with Gasteiger partial charge in [-0.1, -0.05) is 30.3 Å². The first-order valence-corrected chi connectivity index (χ1v) is 8.86. The van der Waals surface area contributed by atoms with Crippen molar-refractivity contribution in [2.75, 3.05) is 0 Å². The third-order valence-electron chi connectivity index (χ3n) is 5.32. The van der Waals surface area contributed by atoms with Gasteiger partial charge in [-0.25, -0.2) is 4.79 Å². The van der Waals surface area contributed by atoms with Crippen LogP contribution in [0.1, 0.15) is 44.6 Å². The zero-order chi connectivity index (χ0) is 19.1. The third kappa shape index (κ3) is 3.29. The molecule has 6 nitrogen and oxygen atoms in total. The minimum absolute atomic E-state index is 0.266. The maximum absolute atomic E-state index is 12.6. The third-order valence-corrected chi connectivity index (χ3v) is 5.32. The average Bonchev–Trinajstić information content (AvgIpc) is 2.97. The van der Waals surface area contributed by atoms with Crippen LogP contribution >= 0.6 is 0 Å². The highest BCUT2D eigenvalue weighted by Gasteiger charge is 2.53. The van der Waals surface area contributed by atoms with Crippen LogP contribution < -0.4 is 10.8 Å². The Morgan fingerprint density at radius 1 is 1.12 bits per heavy atom. The average molecular weight is 355 g/mol. The summed E-state index contributed by atoms with van der Waals surface area (Å²) in [5.74, 6) is 0. The molecule has 138 valence electrons. The van der Waals surface area contributed by atoms with Crippen LogP contribution in [0.4, 0.5) is 4.79 Å². The fourth-order valence-electron chi connectivity index (χ4n) is 3.00. The van der Waals surface area contributed by atoms with Crippen molar-refractivity contribution in [3.8, 4) is 0 Å². The molecule has 7 heteroatoms. The van der Waals surface area contributed by atoms with E-state index in [4.69, 9.17) is 9.31 Å². The predicted octanol–water partition coefficient (Wildman–Crippen LogP) is 2.56. The number of amides is 1. The van der Waals surface area contributed by atoms with Gasteiger partial charge >= 0.3 is 13.1 Å². The highest BCUT2D eigenvalue weighted by Crippen LogP contribution is 2.36. The molecule has 0 unspecified atom stereocenters. The first-order chi connectivity index (χ1) is 12.1. The molecule has 1 saturated heterocycles. The molecule has 1 amide bonds. The number of hydrogen-bond donors (Lipinski definition) is 1. The maximum Gasteiger partial charge on any atom is 0.498 e. The van der Waals surface area contributed by atoms with E-state index >= 15 is 0 Å². The van der Waals surface area contributed by atoms with Gasteiger partial charge in [0.05, 0.1) is 16.9 Å². The van der Waals surface area contributed by atoms with E-state index in [-0.39, 0.29) is 6.03 Å². The lowest BCUT2D eigenvalue weighted by molar-refractivity contribution is 0.00578. The fraction of sp³-hybridized carbons (Fsp3) is 0.474. The van der Waals surface area contributed by atoms with Crippen LogP contribution in [0.5, 0.6) is 0 Å². The molecule has 2 heterocycles. The van der Waals surface area contributed by atoms with Crippen LogP contribution in [0.25, 0.3) is 0 Å². The van der Waals surface area contributed by atoms with E-state index in [1.54, 1.807) is 0 Å². The summed E-state index contributed by atoms with van der Waals surface area (Å²) in [6.07, 6.45) is 0. The Morgan fingerprint density at radius 3 is 2.27 bits per heavy atom. The molecule has 26 heavy (non-hydrogen) atoms. The molecule has 1 aromatic heterocycles. The predicted molar refractivity (Wildman–Crippen MR) is 101 cm³/mol. The molecule has 3 rings (SSSR count). The van der Waals surface area contributed by atoms with Gasteiger partial charge in [0.1, 0.15) is 0 Å². The number of nitrogens with zero attached hydrogens (tertiary/aromatic N) is 2. The van der Waals surface area contributed by atoms with Crippen molar-refractivity contribution in [3.63, 3.8) is 0 Å². The minimum Gasteiger partial charge on any atom is -0.399 e. The highest BCUT2D eigenvalue weighted by molar-refractivity contribution is 6.63. The standard InChI is InChI=1S/C19H26BN3O3/c1-13-16(20-25-18(3,4)19(5,6)26-20)14(2)23(22-13)17(24)21-12-15-10-8-7-9-11-15/h7-11H,12H2,1-6H3,(H,21,24). The van der Waals surface area contributed by atoms with Gasteiger partial charge < -0.3 is 14.6 Å². The summed E-state index contributed by atoms with van der Waals surface area (Å²) < 4.78 is 13.6. The van der Waals surface area contributed by atoms with Gasteiger partial charge in [-0.2, -0.15) is 9.78 Å². The van der Waals surface area contributed by atoms with Gasteiger partial charge in [-0.15, -0.1) is 0 Å². The quantitative estimate of drug-likeness (QED) is 0.860. The first kappa shape index (κ1) is 18.7. The molecule has 1 N–H and O–H groups in total. The van der Waals surface area contributed by atoms with Gasteiger partial charge in [-0.3, -0.25) is 0 Å². The Bertz CT molecular complexity index is 799. The van der Waals surface area contributed by atoms with Gasteiger partial charge in [0, 0.05) is 17.7 Å². The number of aromatic nitrogens is 2. The van der Waals surface area contributed by atoms with Crippen LogP contribution in [-0.4, -0.2) is 34.1 Å². The monoisotopic (exact) mass is 355 g/mol.